The SMILES string of the molecule is CC[C@H](NC(=O)c1ccc(OC)nc1)C1CCC(c2ccn(C)c(=O)c2)CC1. The van der Waals surface area contributed by atoms with Crippen molar-refractivity contribution in [1.29, 1.82) is 0 Å². The fraction of sp³-hybridized carbons (Fsp3) is 0.500. The maximum Gasteiger partial charge on any atom is 0.253 e. The molecule has 0 aliphatic heterocycles. The van der Waals surface area contributed by atoms with E-state index in [1.54, 1.807) is 43.1 Å². The van der Waals surface area contributed by atoms with Gasteiger partial charge in [0.25, 0.3) is 11.5 Å². The first-order valence-electron chi connectivity index (χ1n) is 9.99. The number of aromatic nitrogens is 2. The zero-order valence-corrected chi connectivity index (χ0v) is 16.9. The van der Waals surface area contributed by atoms with Gasteiger partial charge in [0.15, 0.2) is 0 Å². The van der Waals surface area contributed by atoms with Gasteiger partial charge in [0.05, 0.1) is 12.7 Å². The molecule has 1 aliphatic rings. The highest BCUT2D eigenvalue weighted by atomic mass is 16.5. The Hall–Kier alpha value is -2.63. The number of rotatable bonds is 6. The van der Waals surface area contributed by atoms with Gasteiger partial charge >= 0.3 is 0 Å². The lowest BCUT2D eigenvalue weighted by Crippen LogP contribution is -2.41. The third-order valence-corrected chi connectivity index (χ3v) is 5.90. The summed E-state index contributed by atoms with van der Waals surface area (Å²) in [4.78, 5) is 28.6. The number of carbonyl (C=O) groups is 1. The Morgan fingerprint density at radius 3 is 2.61 bits per heavy atom. The standard InChI is InChI=1S/C22H29N3O3/c1-4-19(24-22(27)18-9-10-20(28-3)23-14-18)16-7-5-15(6-8-16)17-11-12-25(2)21(26)13-17/h9-16,19H,4-8H2,1-3H3,(H,24,27)/t15?,16?,19-/m0/s1. The molecule has 2 aromatic rings. The molecule has 3 rings (SSSR count). The lowest BCUT2D eigenvalue weighted by atomic mass is 9.75. The summed E-state index contributed by atoms with van der Waals surface area (Å²) in [5, 5.41) is 3.19. The average Bonchev–Trinajstić information content (AvgIpc) is 2.74. The van der Waals surface area contributed by atoms with Crippen molar-refractivity contribution >= 4 is 5.91 Å². The maximum absolute atomic E-state index is 12.6. The van der Waals surface area contributed by atoms with Crippen molar-refractivity contribution in [3.63, 3.8) is 0 Å². The van der Waals surface area contributed by atoms with Gasteiger partial charge < -0.3 is 14.6 Å². The van der Waals surface area contributed by atoms with Gasteiger partial charge in [-0.25, -0.2) is 4.98 Å². The number of pyridine rings is 2. The Bertz CT molecular complexity index is 852. The average molecular weight is 383 g/mol. The maximum atomic E-state index is 12.6. The van der Waals surface area contributed by atoms with Crippen LogP contribution in [0.15, 0.2) is 41.5 Å². The van der Waals surface area contributed by atoms with E-state index >= 15 is 0 Å². The third kappa shape index (κ3) is 4.61. The van der Waals surface area contributed by atoms with Gasteiger partial charge in [-0.05, 0) is 61.6 Å². The highest BCUT2D eigenvalue weighted by Crippen LogP contribution is 2.37. The molecule has 0 saturated heterocycles. The van der Waals surface area contributed by atoms with E-state index in [4.69, 9.17) is 4.74 Å². The van der Waals surface area contributed by atoms with E-state index in [1.807, 2.05) is 6.20 Å². The molecule has 0 spiro atoms. The third-order valence-electron chi connectivity index (χ3n) is 5.90. The van der Waals surface area contributed by atoms with Gasteiger partial charge in [0.1, 0.15) is 0 Å². The molecule has 2 aromatic heterocycles. The zero-order chi connectivity index (χ0) is 20.1. The van der Waals surface area contributed by atoms with Gasteiger partial charge in [-0.2, -0.15) is 0 Å². The molecule has 0 aromatic carbocycles. The molecule has 0 radical (unpaired) electrons. The Balaban J connectivity index is 1.58. The summed E-state index contributed by atoms with van der Waals surface area (Å²) in [7, 11) is 3.33. The summed E-state index contributed by atoms with van der Waals surface area (Å²) < 4.78 is 6.65. The summed E-state index contributed by atoms with van der Waals surface area (Å²) in [5.74, 6) is 1.31. The summed E-state index contributed by atoms with van der Waals surface area (Å²) in [6.45, 7) is 2.12. The molecule has 0 bridgehead atoms. The monoisotopic (exact) mass is 383 g/mol. The van der Waals surface area contributed by atoms with Crippen molar-refractivity contribution in [3.8, 4) is 5.88 Å². The van der Waals surface area contributed by atoms with Crippen LogP contribution in [0.4, 0.5) is 0 Å². The van der Waals surface area contributed by atoms with Crippen molar-refractivity contribution < 1.29 is 9.53 Å². The van der Waals surface area contributed by atoms with Crippen molar-refractivity contribution in [1.82, 2.24) is 14.9 Å². The fourth-order valence-electron chi connectivity index (χ4n) is 4.11. The minimum absolute atomic E-state index is 0.0476. The van der Waals surface area contributed by atoms with Crippen molar-refractivity contribution in [2.75, 3.05) is 7.11 Å². The molecule has 1 saturated carbocycles. The van der Waals surface area contributed by atoms with Crippen LogP contribution in [0.25, 0.3) is 0 Å². The number of hydrogen-bond acceptors (Lipinski definition) is 4. The molecule has 1 aliphatic carbocycles. The van der Waals surface area contributed by atoms with Crippen LogP contribution in [-0.4, -0.2) is 28.6 Å². The van der Waals surface area contributed by atoms with Crippen LogP contribution in [0.1, 0.15) is 60.9 Å². The van der Waals surface area contributed by atoms with Crippen LogP contribution in [0.2, 0.25) is 0 Å². The summed E-state index contributed by atoms with van der Waals surface area (Å²) in [6.07, 6.45) is 8.51. The summed E-state index contributed by atoms with van der Waals surface area (Å²) >= 11 is 0. The Labute approximate surface area is 165 Å². The van der Waals surface area contributed by atoms with Crippen LogP contribution in [0.5, 0.6) is 5.88 Å². The molecule has 150 valence electrons. The number of methoxy groups -OCH3 is 1. The number of nitrogens with zero attached hydrogens (tertiary/aromatic N) is 2. The number of nitrogens with one attached hydrogen (secondary N) is 1. The molecule has 1 amide bonds. The highest BCUT2D eigenvalue weighted by molar-refractivity contribution is 5.94. The topological polar surface area (TPSA) is 73.2 Å². The van der Waals surface area contributed by atoms with E-state index in [0.29, 0.717) is 23.3 Å². The van der Waals surface area contributed by atoms with Crippen LogP contribution in [-0.2, 0) is 7.05 Å². The van der Waals surface area contributed by atoms with E-state index in [9.17, 15) is 9.59 Å². The van der Waals surface area contributed by atoms with Crippen molar-refractivity contribution in [2.24, 2.45) is 13.0 Å². The summed E-state index contributed by atoms with van der Waals surface area (Å²) in [6, 6.07) is 7.41. The molecule has 0 unspecified atom stereocenters. The largest absolute Gasteiger partial charge is 0.481 e. The molecule has 2 heterocycles. The van der Waals surface area contributed by atoms with E-state index in [2.05, 4.69) is 23.3 Å². The van der Waals surface area contributed by atoms with E-state index < -0.39 is 0 Å². The molecule has 1 atom stereocenters. The molecule has 6 heteroatoms. The number of carbonyl (C=O) groups excluding carboxylic acids is 1. The van der Waals surface area contributed by atoms with Gasteiger partial charge in [-0.15, -0.1) is 0 Å². The van der Waals surface area contributed by atoms with Crippen LogP contribution in [0, 0.1) is 5.92 Å². The lowest BCUT2D eigenvalue weighted by molar-refractivity contribution is 0.0909. The first-order chi connectivity index (χ1) is 13.5. The smallest absolute Gasteiger partial charge is 0.253 e. The molecule has 1 fully saturated rings. The van der Waals surface area contributed by atoms with Crippen molar-refractivity contribution in [2.45, 2.75) is 51.0 Å². The van der Waals surface area contributed by atoms with E-state index in [1.165, 1.54) is 0 Å². The van der Waals surface area contributed by atoms with Gasteiger partial charge in [0, 0.05) is 37.6 Å². The quantitative estimate of drug-likeness (QED) is 0.831. The van der Waals surface area contributed by atoms with Crippen LogP contribution in [0.3, 0.4) is 0 Å². The number of ether oxygens (including phenoxy) is 1. The van der Waals surface area contributed by atoms with Gasteiger partial charge in [0.2, 0.25) is 5.88 Å². The van der Waals surface area contributed by atoms with E-state index in [0.717, 1.165) is 37.7 Å². The number of hydrogen-bond donors (Lipinski definition) is 1. The first kappa shape index (κ1) is 20.1. The highest BCUT2D eigenvalue weighted by Gasteiger charge is 2.28. The first-order valence-corrected chi connectivity index (χ1v) is 9.99. The normalized spacial score (nSPS) is 20.4. The molecule has 28 heavy (non-hydrogen) atoms. The second-order valence-electron chi connectivity index (χ2n) is 7.60. The van der Waals surface area contributed by atoms with Gasteiger partial charge in [-0.3, -0.25) is 9.59 Å². The number of aryl methyl sites for hydroxylation is 1. The molecular formula is C22H29N3O3. The number of amides is 1. The predicted molar refractivity (Wildman–Crippen MR) is 109 cm³/mol. The van der Waals surface area contributed by atoms with E-state index in [-0.39, 0.29) is 17.5 Å². The molecular weight excluding hydrogens is 354 g/mol. The van der Waals surface area contributed by atoms with Crippen LogP contribution < -0.4 is 15.6 Å². The Morgan fingerprint density at radius 1 is 1.29 bits per heavy atom. The van der Waals surface area contributed by atoms with Crippen molar-refractivity contribution in [3.05, 3.63) is 58.1 Å². The molecule has 1 N–H and O–H groups in total. The zero-order valence-electron chi connectivity index (χ0n) is 16.9. The Morgan fingerprint density at radius 2 is 2.04 bits per heavy atom. The van der Waals surface area contributed by atoms with Crippen LogP contribution >= 0.6 is 0 Å². The second-order valence-corrected chi connectivity index (χ2v) is 7.60. The Kier molecular flexibility index (Phi) is 6.49. The lowest BCUT2D eigenvalue weighted by Gasteiger charge is -2.34. The minimum atomic E-state index is -0.0873. The summed E-state index contributed by atoms with van der Waals surface area (Å²) in [5.41, 5.74) is 1.74. The van der Waals surface area contributed by atoms with Gasteiger partial charge in [-0.1, -0.05) is 6.92 Å². The fourth-order valence-corrected chi connectivity index (χ4v) is 4.11. The minimum Gasteiger partial charge on any atom is -0.481 e. The predicted octanol–water partition coefficient (Wildman–Crippen LogP) is 3.27. The molecule has 6 nitrogen and oxygen atoms in total. The second kappa shape index (κ2) is 9.04.